The molecule has 0 spiro atoms. The first-order valence-electron chi connectivity index (χ1n) is 9.40. The SMILES string of the molecule is C[C@H](Oc1ccccc1F)c1nnc(SCC(=O)c2c(N)n(C3CC3)c(=O)[nH]c2=O)o1. The van der Waals surface area contributed by atoms with Crippen LogP contribution >= 0.6 is 11.8 Å². The maximum absolute atomic E-state index is 13.7. The van der Waals surface area contributed by atoms with Crippen molar-refractivity contribution < 1.29 is 18.3 Å². The number of carbonyl (C=O) groups excluding carboxylic acids is 1. The number of aromatic amines is 1. The largest absolute Gasteiger partial charge is 0.478 e. The van der Waals surface area contributed by atoms with Gasteiger partial charge in [-0.1, -0.05) is 23.9 Å². The van der Waals surface area contributed by atoms with Crippen molar-refractivity contribution in [3.05, 3.63) is 62.4 Å². The minimum Gasteiger partial charge on any atom is -0.478 e. The van der Waals surface area contributed by atoms with Gasteiger partial charge in [0, 0.05) is 6.04 Å². The maximum atomic E-state index is 13.7. The van der Waals surface area contributed by atoms with Gasteiger partial charge in [0.1, 0.15) is 11.4 Å². The van der Waals surface area contributed by atoms with Crippen LogP contribution in [0.5, 0.6) is 5.75 Å². The Morgan fingerprint density at radius 2 is 2.13 bits per heavy atom. The number of carbonyl (C=O) groups is 1. The molecule has 1 saturated carbocycles. The number of nitrogens with zero attached hydrogens (tertiary/aromatic N) is 3. The summed E-state index contributed by atoms with van der Waals surface area (Å²) in [5, 5.41) is 7.75. The Morgan fingerprint density at radius 3 is 2.84 bits per heavy atom. The molecule has 0 aliphatic heterocycles. The van der Waals surface area contributed by atoms with Crippen molar-refractivity contribution in [3.8, 4) is 5.75 Å². The van der Waals surface area contributed by atoms with Gasteiger partial charge in [-0.05, 0) is 31.9 Å². The molecule has 162 valence electrons. The second-order valence-electron chi connectivity index (χ2n) is 6.93. The first-order valence-corrected chi connectivity index (χ1v) is 10.4. The molecule has 3 aromatic rings. The van der Waals surface area contributed by atoms with Crippen LogP contribution in [0.25, 0.3) is 0 Å². The summed E-state index contributed by atoms with van der Waals surface area (Å²) in [5.41, 5.74) is 4.22. The Balaban J connectivity index is 1.44. The molecule has 2 heterocycles. The number of rotatable bonds is 8. The summed E-state index contributed by atoms with van der Waals surface area (Å²) < 4.78 is 25.9. The van der Waals surface area contributed by atoms with Gasteiger partial charge in [-0.25, -0.2) is 9.18 Å². The molecule has 1 aromatic carbocycles. The van der Waals surface area contributed by atoms with Crippen LogP contribution in [0.1, 0.15) is 48.2 Å². The van der Waals surface area contributed by atoms with Gasteiger partial charge in [0.2, 0.25) is 0 Å². The van der Waals surface area contributed by atoms with Crippen molar-refractivity contribution in [2.24, 2.45) is 0 Å². The molecular weight excluding hydrogens is 429 g/mol. The number of nitrogen functional groups attached to an aromatic ring is 1. The van der Waals surface area contributed by atoms with Crippen LogP contribution in [0, 0.1) is 5.82 Å². The predicted octanol–water partition coefficient (Wildman–Crippen LogP) is 2.09. The number of ether oxygens (including phenoxy) is 1. The van der Waals surface area contributed by atoms with Gasteiger partial charge >= 0.3 is 5.69 Å². The fourth-order valence-electron chi connectivity index (χ4n) is 2.95. The summed E-state index contributed by atoms with van der Waals surface area (Å²) in [6, 6.07) is 5.81. The fraction of sp³-hybridized carbons (Fsp3) is 0.316. The lowest BCUT2D eigenvalue weighted by atomic mass is 10.2. The summed E-state index contributed by atoms with van der Waals surface area (Å²) >= 11 is 0.907. The van der Waals surface area contributed by atoms with Crippen LogP contribution in [0.3, 0.4) is 0 Å². The summed E-state index contributed by atoms with van der Waals surface area (Å²) in [4.78, 5) is 38.8. The lowest BCUT2D eigenvalue weighted by molar-refractivity contribution is 0.102. The number of para-hydroxylation sites is 1. The first-order chi connectivity index (χ1) is 14.8. The van der Waals surface area contributed by atoms with E-state index in [4.69, 9.17) is 14.9 Å². The molecule has 1 fully saturated rings. The number of Topliss-reactive ketones (excluding diaryl/α,β-unsaturated/α-hetero) is 1. The number of aromatic nitrogens is 4. The Kier molecular flexibility index (Phi) is 5.63. The van der Waals surface area contributed by atoms with E-state index in [-0.39, 0.29) is 40.0 Å². The van der Waals surface area contributed by atoms with Gasteiger partial charge in [0.25, 0.3) is 16.7 Å². The third-order valence-electron chi connectivity index (χ3n) is 4.61. The summed E-state index contributed by atoms with van der Waals surface area (Å²) in [6.07, 6.45) is 0.794. The van der Waals surface area contributed by atoms with Gasteiger partial charge in [0.15, 0.2) is 23.5 Å². The summed E-state index contributed by atoms with van der Waals surface area (Å²) in [7, 11) is 0. The van der Waals surface area contributed by atoms with Gasteiger partial charge in [0.05, 0.1) is 5.75 Å². The molecule has 3 N–H and O–H groups in total. The van der Waals surface area contributed by atoms with E-state index in [1.165, 1.54) is 16.7 Å². The molecule has 0 unspecified atom stereocenters. The number of thioether (sulfide) groups is 1. The molecule has 12 heteroatoms. The molecular formula is C19H18FN5O5S. The molecule has 0 amide bonds. The van der Waals surface area contributed by atoms with Crippen molar-refractivity contribution in [1.82, 2.24) is 19.7 Å². The minimum absolute atomic E-state index is 0.0399. The lowest BCUT2D eigenvalue weighted by Gasteiger charge is -2.11. The van der Waals surface area contributed by atoms with Crippen molar-refractivity contribution >= 4 is 23.4 Å². The smallest absolute Gasteiger partial charge is 0.330 e. The van der Waals surface area contributed by atoms with Crippen LogP contribution in [-0.2, 0) is 0 Å². The molecule has 2 aromatic heterocycles. The van der Waals surface area contributed by atoms with Crippen molar-refractivity contribution in [2.75, 3.05) is 11.5 Å². The van der Waals surface area contributed by atoms with Crippen LogP contribution in [0.15, 0.2) is 43.5 Å². The number of H-pyrrole nitrogens is 1. The molecule has 4 rings (SSSR count). The number of nitrogens with two attached hydrogens (primary N) is 1. The number of hydrogen-bond donors (Lipinski definition) is 2. The van der Waals surface area contributed by atoms with Crippen LogP contribution in [0.2, 0.25) is 0 Å². The highest BCUT2D eigenvalue weighted by Crippen LogP contribution is 2.35. The zero-order chi connectivity index (χ0) is 22.1. The van der Waals surface area contributed by atoms with E-state index in [1.54, 1.807) is 19.1 Å². The topological polar surface area (TPSA) is 146 Å². The predicted molar refractivity (Wildman–Crippen MR) is 109 cm³/mol. The minimum atomic E-state index is -0.830. The van der Waals surface area contributed by atoms with Gasteiger partial charge < -0.3 is 14.9 Å². The summed E-state index contributed by atoms with van der Waals surface area (Å²) in [5.74, 6) is -1.31. The highest BCUT2D eigenvalue weighted by Gasteiger charge is 2.30. The second-order valence-corrected chi connectivity index (χ2v) is 7.86. The van der Waals surface area contributed by atoms with E-state index in [9.17, 15) is 18.8 Å². The van der Waals surface area contributed by atoms with Gasteiger partial charge in [-0.15, -0.1) is 10.2 Å². The summed E-state index contributed by atoms with van der Waals surface area (Å²) in [6.45, 7) is 1.61. The van der Waals surface area contributed by atoms with Crippen molar-refractivity contribution in [2.45, 2.75) is 37.1 Å². The Hall–Kier alpha value is -3.41. The molecule has 0 saturated heterocycles. The number of halogens is 1. The van der Waals surface area contributed by atoms with Gasteiger partial charge in [-0.3, -0.25) is 19.1 Å². The maximum Gasteiger partial charge on any atom is 0.330 e. The lowest BCUT2D eigenvalue weighted by Crippen LogP contribution is -2.36. The fourth-order valence-corrected chi connectivity index (χ4v) is 3.60. The average Bonchev–Trinajstić information content (AvgIpc) is 3.43. The monoisotopic (exact) mass is 447 g/mol. The van der Waals surface area contributed by atoms with Crippen LogP contribution in [-0.4, -0.2) is 31.3 Å². The van der Waals surface area contributed by atoms with Crippen LogP contribution < -0.4 is 21.7 Å². The third kappa shape index (κ3) is 4.38. The normalized spacial score (nSPS) is 14.4. The van der Waals surface area contributed by atoms with Crippen molar-refractivity contribution in [3.63, 3.8) is 0 Å². The molecule has 1 aliphatic rings. The van der Waals surface area contributed by atoms with E-state index in [0.717, 1.165) is 24.6 Å². The van der Waals surface area contributed by atoms with Gasteiger partial charge in [-0.2, -0.15) is 0 Å². The third-order valence-corrected chi connectivity index (χ3v) is 5.43. The molecule has 1 atom stereocenters. The molecule has 1 aliphatic carbocycles. The zero-order valence-electron chi connectivity index (χ0n) is 16.3. The zero-order valence-corrected chi connectivity index (χ0v) is 17.1. The first kappa shape index (κ1) is 20.8. The Labute approximate surface area is 178 Å². The Bertz CT molecular complexity index is 1250. The Morgan fingerprint density at radius 1 is 1.39 bits per heavy atom. The number of hydrogen-bond acceptors (Lipinski definition) is 9. The molecule has 0 radical (unpaired) electrons. The highest BCUT2D eigenvalue weighted by molar-refractivity contribution is 7.99. The highest BCUT2D eigenvalue weighted by atomic mass is 32.2. The molecule has 31 heavy (non-hydrogen) atoms. The number of benzene rings is 1. The standard InChI is InChI=1S/C19H18FN5O5S/c1-9(29-13-5-3-2-4-11(13)20)17-23-24-19(30-17)31-8-12(26)14-15(21)25(10-6-7-10)18(28)22-16(14)27/h2-5,9-10H,6-8,21H2,1H3,(H,22,27,28)/t9-/m0/s1. The van der Waals surface area contributed by atoms with E-state index in [1.807, 2.05) is 0 Å². The second kappa shape index (κ2) is 8.38. The van der Waals surface area contributed by atoms with E-state index < -0.39 is 29.0 Å². The average molecular weight is 447 g/mol. The number of anilines is 1. The quantitative estimate of drug-likeness (QED) is 0.391. The van der Waals surface area contributed by atoms with E-state index in [0.29, 0.717) is 0 Å². The molecule has 10 nitrogen and oxygen atoms in total. The van der Waals surface area contributed by atoms with E-state index >= 15 is 0 Å². The van der Waals surface area contributed by atoms with Crippen LogP contribution in [0.4, 0.5) is 10.2 Å². The molecule has 0 bridgehead atoms. The number of nitrogens with one attached hydrogen (secondary N) is 1. The van der Waals surface area contributed by atoms with E-state index in [2.05, 4.69) is 15.2 Å². The van der Waals surface area contributed by atoms with Crippen molar-refractivity contribution in [1.29, 1.82) is 0 Å². The number of ketones is 1.